The minimum absolute atomic E-state index is 0.518. The average Bonchev–Trinajstić information content (AvgIpc) is 2.18. The van der Waals surface area contributed by atoms with Crippen LogP contribution in [0.4, 0.5) is 5.69 Å². The van der Waals surface area contributed by atoms with Gasteiger partial charge in [-0.25, -0.2) is 0 Å². The topological polar surface area (TPSA) is 71.2 Å². The van der Waals surface area contributed by atoms with Crippen LogP contribution in [0.25, 0.3) is 0 Å². The second-order valence-corrected chi connectivity index (χ2v) is 3.22. The predicted octanol–water partition coefficient (Wildman–Crippen LogP) is 0.697. The fourth-order valence-corrected chi connectivity index (χ4v) is 1.22. The highest BCUT2D eigenvalue weighted by atomic mass is 16.3. The molecule has 0 saturated heterocycles. The second-order valence-electron chi connectivity index (χ2n) is 3.22. The number of aliphatic hydroxyl groups is 1. The van der Waals surface area contributed by atoms with Gasteiger partial charge in [0.15, 0.2) is 0 Å². The highest BCUT2D eigenvalue weighted by molar-refractivity contribution is 5.45. The SMILES string of the molecule is CCCNCC(O)c1cnccc1N. The summed E-state index contributed by atoms with van der Waals surface area (Å²) in [6.07, 6.45) is 3.70. The molecule has 1 aromatic rings. The quantitative estimate of drug-likeness (QED) is 0.605. The molecule has 0 amide bonds. The minimum Gasteiger partial charge on any atom is -0.398 e. The number of hydrogen-bond acceptors (Lipinski definition) is 4. The normalized spacial score (nSPS) is 12.7. The third-order valence-corrected chi connectivity index (χ3v) is 2.01. The van der Waals surface area contributed by atoms with Crippen LogP contribution in [-0.4, -0.2) is 23.2 Å². The van der Waals surface area contributed by atoms with Crippen LogP contribution in [0.5, 0.6) is 0 Å². The van der Waals surface area contributed by atoms with E-state index in [1.54, 1.807) is 18.5 Å². The van der Waals surface area contributed by atoms with Gasteiger partial charge < -0.3 is 16.2 Å². The molecule has 14 heavy (non-hydrogen) atoms. The Labute approximate surface area is 84.2 Å². The Kier molecular flexibility index (Phi) is 4.35. The largest absolute Gasteiger partial charge is 0.398 e. The van der Waals surface area contributed by atoms with Gasteiger partial charge in [-0.05, 0) is 19.0 Å². The molecule has 78 valence electrons. The molecule has 0 bridgehead atoms. The van der Waals surface area contributed by atoms with Gasteiger partial charge in [0.1, 0.15) is 0 Å². The molecule has 0 aliphatic heterocycles. The monoisotopic (exact) mass is 195 g/mol. The van der Waals surface area contributed by atoms with Crippen LogP contribution in [0.3, 0.4) is 0 Å². The molecule has 1 aromatic heterocycles. The van der Waals surface area contributed by atoms with E-state index in [9.17, 15) is 5.11 Å². The summed E-state index contributed by atoms with van der Waals surface area (Å²) in [5.41, 5.74) is 6.98. The van der Waals surface area contributed by atoms with E-state index >= 15 is 0 Å². The lowest BCUT2D eigenvalue weighted by molar-refractivity contribution is 0.175. The number of nitrogen functional groups attached to an aromatic ring is 1. The van der Waals surface area contributed by atoms with E-state index in [0.29, 0.717) is 17.8 Å². The lowest BCUT2D eigenvalue weighted by Crippen LogP contribution is -2.22. The zero-order valence-electron chi connectivity index (χ0n) is 8.40. The average molecular weight is 195 g/mol. The van der Waals surface area contributed by atoms with Crippen LogP contribution in [0.15, 0.2) is 18.5 Å². The zero-order valence-corrected chi connectivity index (χ0v) is 8.40. The molecule has 1 atom stereocenters. The molecule has 0 aliphatic rings. The van der Waals surface area contributed by atoms with Crippen molar-refractivity contribution in [2.45, 2.75) is 19.4 Å². The molecule has 0 spiro atoms. The molecule has 0 aromatic carbocycles. The number of pyridine rings is 1. The fourth-order valence-electron chi connectivity index (χ4n) is 1.22. The number of rotatable bonds is 5. The lowest BCUT2D eigenvalue weighted by Gasteiger charge is -2.13. The highest BCUT2D eigenvalue weighted by Gasteiger charge is 2.09. The van der Waals surface area contributed by atoms with E-state index in [2.05, 4.69) is 17.2 Å². The first kappa shape index (κ1) is 10.9. The number of hydrogen-bond donors (Lipinski definition) is 3. The van der Waals surface area contributed by atoms with Crippen LogP contribution in [0.2, 0.25) is 0 Å². The van der Waals surface area contributed by atoms with Gasteiger partial charge in [0, 0.05) is 30.2 Å². The maximum absolute atomic E-state index is 9.75. The maximum Gasteiger partial charge on any atom is 0.0949 e. The van der Waals surface area contributed by atoms with Crippen molar-refractivity contribution >= 4 is 5.69 Å². The van der Waals surface area contributed by atoms with E-state index in [0.717, 1.165) is 13.0 Å². The van der Waals surface area contributed by atoms with E-state index in [-0.39, 0.29) is 0 Å². The molecule has 0 saturated carbocycles. The van der Waals surface area contributed by atoms with Crippen molar-refractivity contribution < 1.29 is 5.11 Å². The first-order valence-corrected chi connectivity index (χ1v) is 4.84. The molecule has 1 heterocycles. The second kappa shape index (κ2) is 5.57. The molecule has 0 fully saturated rings. The summed E-state index contributed by atoms with van der Waals surface area (Å²) in [5, 5.41) is 12.9. The molecule has 4 heteroatoms. The van der Waals surface area contributed by atoms with Crippen molar-refractivity contribution in [3.05, 3.63) is 24.0 Å². The molecule has 4 nitrogen and oxygen atoms in total. The van der Waals surface area contributed by atoms with Gasteiger partial charge in [-0.2, -0.15) is 0 Å². The van der Waals surface area contributed by atoms with Crippen molar-refractivity contribution in [3.8, 4) is 0 Å². The third kappa shape index (κ3) is 2.97. The molecule has 0 radical (unpaired) electrons. The van der Waals surface area contributed by atoms with Gasteiger partial charge in [-0.3, -0.25) is 4.98 Å². The van der Waals surface area contributed by atoms with Gasteiger partial charge in [0.25, 0.3) is 0 Å². The van der Waals surface area contributed by atoms with Gasteiger partial charge >= 0.3 is 0 Å². The smallest absolute Gasteiger partial charge is 0.0949 e. The Balaban J connectivity index is 2.51. The van der Waals surface area contributed by atoms with Crippen molar-refractivity contribution in [2.24, 2.45) is 0 Å². The van der Waals surface area contributed by atoms with E-state index in [1.165, 1.54) is 0 Å². The van der Waals surface area contributed by atoms with E-state index in [1.807, 2.05) is 0 Å². The fraction of sp³-hybridized carbons (Fsp3) is 0.500. The first-order chi connectivity index (χ1) is 6.75. The lowest BCUT2D eigenvalue weighted by atomic mass is 10.1. The number of nitrogens with two attached hydrogens (primary N) is 1. The zero-order chi connectivity index (χ0) is 10.4. The molecular weight excluding hydrogens is 178 g/mol. The molecule has 0 aliphatic carbocycles. The summed E-state index contributed by atoms with van der Waals surface area (Å²) in [6.45, 7) is 3.50. The summed E-state index contributed by atoms with van der Waals surface area (Å²) < 4.78 is 0. The molecule has 1 unspecified atom stereocenters. The van der Waals surface area contributed by atoms with Crippen LogP contribution < -0.4 is 11.1 Å². The molecule has 1 rings (SSSR count). The number of nitrogens with zero attached hydrogens (tertiary/aromatic N) is 1. The van der Waals surface area contributed by atoms with Crippen molar-refractivity contribution in [2.75, 3.05) is 18.8 Å². The Morgan fingerprint density at radius 2 is 2.43 bits per heavy atom. The summed E-state index contributed by atoms with van der Waals surface area (Å²) >= 11 is 0. The summed E-state index contributed by atoms with van der Waals surface area (Å²) in [6, 6.07) is 1.69. The molecule has 4 N–H and O–H groups in total. The van der Waals surface area contributed by atoms with Gasteiger partial charge in [-0.15, -0.1) is 0 Å². The van der Waals surface area contributed by atoms with Crippen molar-refractivity contribution in [1.82, 2.24) is 10.3 Å². The summed E-state index contributed by atoms with van der Waals surface area (Å²) in [4.78, 5) is 3.93. The van der Waals surface area contributed by atoms with Crippen LogP contribution in [0, 0.1) is 0 Å². The van der Waals surface area contributed by atoms with Gasteiger partial charge in [0.05, 0.1) is 6.10 Å². The minimum atomic E-state index is -0.574. The first-order valence-electron chi connectivity index (χ1n) is 4.84. The predicted molar refractivity (Wildman–Crippen MR) is 56.8 cm³/mol. The highest BCUT2D eigenvalue weighted by Crippen LogP contribution is 2.17. The maximum atomic E-state index is 9.75. The number of nitrogens with one attached hydrogen (secondary N) is 1. The van der Waals surface area contributed by atoms with Gasteiger partial charge in [-0.1, -0.05) is 6.92 Å². The third-order valence-electron chi connectivity index (χ3n) is 2.01. The Morgan fingerprint density at radius 3 is 3.07 bits per heavy atom. The Morgan fingerprint density at radius 1 is 1.64 bits per heavy atom. The van der Waals surface area contributed by atoms with Crippen molar-refractivity contribution in [1.29, 1.82) is 0 Å². The Hall–Kier alpha value is -1.13. The van der Waals surface area contributed by atoms with Crippen LogP contribution in [0.1, 0.15) is 25.0 Å². The van der Waals surface area contributed by atoms with Gasteiger partial charge in [0.2, 0.25) is 0 Å². The van der Waals surface area contributed by atoms with E-state index in [4.69, 9.17) is 5.73 Å². The number of aliphatic hydroxyl groups excluding tert-OH is 1. The standard InChI is InChI=1S/C10H17N3O/c1-2-4-12-7-10(14)8-6-13-5-3-9(8)11/h3,5-6,10,12,14H,2,4,7H2,1H3,(H2,11,13). The van der Waals surface area contributed by atoms with Crippen molar-refractivity contribution in [3.63, 3.8) is 0 Å². The Bertz CT molecular complexity index is 278. The van der Waals surface area contributed by atoms with Crippen LogP contribution in [-0.2, 0) is 0 Å². The summed E-state index contributed by atoms with van der Waals surface area (Å²) in [5.74, 6) is 0. The molecular formula is C10H17N3O. The van der Waals surface area contributed by atoms with Crippen LogP contribution >= 0.6 is 0 Å². The number of aromatic nitrogens is 1. The number of anilines is 1. The summed E-state index contributed by atoms with van der Waals surface area (Å²) in [7, 11) is 0. The van der Waals surface area contributed by atoms with E-state index < -0.39 is 6.10 Å².